The first kappa shape index (κ1) is 15.9. The summed E-state index contributed by atoms with van der Waals surface area (Å²) in [5.74, 6) is -0.0890. The van der Waals surface area contributed by atoms with E-state index in [2.05, 4.69) is 10.3 Å². The van der Waals surface area contributed by atoms with E-state index in [4.69, 9.17) is 0 Å². The first-order chi connectivity index (χ1) is 9.70. The highest BCUT2D eigenvalue weighted by atomic mass is 32.1. The zero-order valence-corrected chi connectivity index (χ0v) is 14.1. The van der Waals surface area contributed by atoms with Crippen molar-refractivity contribution >= 4 is 23.2 Å². The Labute approximate surface area is 129 Å². The molecule has 2 amide bonds. The van der Waals surface area contributed by atoms with Gasteiger partial charge in [-0.2, -0.15) is 0 Å². The third kappa shape index (κ3) is 2.81. The zero-order valence-electron chi connectivity index (χ0n) is 13.3. The summed E-state index contributed by atoms with van der Waals surface area (Å²) in [6.45, 7) is 10.1. The first-order valence-corrected chi connectivity index (χ1v) is 8.08. The molecule has 1 saturated heterocycles. The molecule has 1 aromatic rings. The van der Waals surface area contributed by atoms with E-state index in [1.54, 1.807) is 16.6 Å². The molecule has 6 heteroatoms. The lowest BCUT2D eigenvalue weighted by atomic mass is 9.80. The average Bonchev–Trinajstić information content (AvgIpc) is 2.90. The Morgan fingerprint density at radius 2 is 2.10 bits per heavy atom. The van der Waals surface area contributed by atoms with Crippen molar-refractivity contribution in [2.24, 2.45) is 5.41 Å². The third-order valence-electron chi connectivity index (χ3n) is 4.23. The molecule has 1 N–H and O–H groups in total. The van der Waals surface area contributed by atoms with Crippen LogP contribution < -0.4 is 5.32 Å². The number of hydrogen-bond donors (Lipinski definition) is 1. The summed E-state index contributed by atoms with van der Waals surface area (Å²) >= 11 is 1.50. The molecule has 1 aromatic heterocycles. The van der Waals surface area contributed by atoms with Crippen molar-refractivity contribution in [3.8, 4) is 0 Å². The highest BCUT2D eigenvalue weighted by Crippen LogP contribution is 2.32. The van der Waals surface area contributed by atoms with Crippen LogP contribution >= 0.6 is 11.3 Å². The molecular weight excluding hydrogens is 286 g/mol. The van der Waals surface area contributed by atoms with Gasteiger partial charge in [0, 0.05) is 11.1 Å². The number of carbonyl (C=O) groups excluding carboxylic acids is 2. The van der Waals surface area contributed by atoms with Crippen LogP contribution in [0.3, 0.4) is 0 Å². The Morgan fingerprint density at radius 1 is 1.43 bits per heavy atom. The summed E-state index contributed by atoms with van der Waals surface area (Å²) in [5.41, 5.74) is 0.630. The quantitative estimate of drug-likeness (QED) is 0.931. The van der Waals surface area contributed by atoms with E-state index in [0.29, 0.717) is 13.0 Å². The smallest absolute Gasteiger partial charge is 0.246 e. The molecule has 1 aliphatic rings. The molecule has 0 saturated carbocycles. The zero-order chi connectivity index (χ0) is 15.8. The maximum absolute atomic E-state index is 12.9. The molecule has 2 atom stereocenters. The Morgan fingerprint density at radius 3 is 2.57 bits per heavy atom. The van der Waals surface area contributed by atoms with Crippen LogP contribution in [-0.4, -0.2) is 33.3 Å². The fourth-order valence-corrected chi connectivity index (χ4v) is 3.12. The van der Waals surface area contributed by atoms with Crippen LogP contribution in [0.4, 0.5) is 0 Å². The van der Waals surface area contributed by atoms with Gasteiger partial charge in [0.15, 0.2) is 0 Å². The van der Waals surface area contributed by atoms with Crippen LogP contribution in [-0.2, 0) is 16.1 Å². The van der Waals surface area contributed by atoms with Gasteiger partial charge >= 0.3 is 0 Å². The lowest BCUT2D eigenvalue weighted by Gasteiger charge is -2.48. The van der Waals surface area contributed by atoms with Gasteiger partial charge in [0.25, 0.3) is 0 Å². The molecule has 1 aliphatic heterocycles. The van der Waals surface area contributed by atoms with Gasteiger partial charge in [0.1, 0.15) is 11.6 Å². The van der Waals surface area contributed by atoms with E-state index in [0.717, 1.165) is 4.88 Å². The van der Waals surface area contributed by atoms with Crippen LogP contribution in [0.1, 0.15) is 45.9 Å². The second-order valence-electron chi connectivity index (χ2n) is 6.79. The topological polar surface area (TPSA) is 62.3 Å². The van der Waals surface area contributed by atoms with Crippen molar-refractivity contribution < 1.29 is 9.59 Å². The minimum atomic E-state index is -0.803. The molecule has 0 spiro atoms. The first-order valence-electron chi connectivity index (χ1n) is 7.20. The van der Waals surface area contributed by atoms with Crippen LogP contribution in [0.15, 0.2) is 11.7 Å². The van der Waals surface area contributed by atoms with E-state index in [1.807, 2.05) is 34.6 Å². The number of aromatic nitrogens is 1. The Kier molecular flexibility index (Phi) is 4.10. The fourth-order valence-electron chi connectivity index (χ4n) is 2.54. The van der Waals surface area contributed by atoms with Gasteiger partial charge < -0.3 is 10.2 Å². The van der Waals surface area contributed by atoms with Crippen LogP contribution in [0, 0.1) is 5.41 Å². The maximum atomic E-state index is 12.9. The average molecular weight is 309 g/mol. The fraction of sp³-hybridized carbons (Fsp3) is 0.667. The minimum Gasteiger partial charge on any atom is -0.342 e. The number of hydrogen-bond acceptors (Lipinski definition) is 4. The normalized spacial score (nSPS) is 26.9. The monoisotopic (exact) mass is 309 g/mol. The number of piperazine rings is 1. The molecular formula is C15H23N3O2S. The Balaban J connectivity index is 2.38. The van der Waals surface area contributed by atoms with Gasteiger partial charge in [0.05, 0.1) is 12.1 Å². The summed E-state index contributed by atoms with van der Waals surface area (Å²) in [4.78, 5) is 32.2. The molecule has 0 bridgehead atoms. The van der Waals surface area contributed by atoms with Crippen molar-refractivity contribution in [2.75, 3.05) is 0 Å². The summed E-state index contributed by atoms with van der Waals surface area (Å²) in [5, 5.41) is 2.91. The van der Waals surface area contributed by atoms with Gasteiger partial charge in [0.2, 0.25) is 11.8 Å². The van der Waals surface area contributed by atoms with Crippen molar-refractivity contribution in [3.63, 3.8) is 0 Å². The number of rotatable bonds is 3. The molecule has 2 heterocycles. The number of carbonyl (C=O) groups is 2. The lowest BCUT2D eigenvalue weighted by Crippen LogP contribution is -2.71. The van der Waals surface area contributed by atoms with Gasteiger partial charge in [-0.15, -0.1) is 11.3 Å². The van der Waals surface area contributed by atoms with Crippen LogP contribution in [0.2, 0.25) is 0 Å². The van der Waals surface area contributed by atoms with E-state index >= 15 is 0 Å². The second kappa shape index (κ2) is 5.40. The van der Waals surface area contributed by atoms with Gasteiger partial charge in [-0.05, 0) is 18.8 Å². The van der Waals surface area contributed by atoms with Crippen molar-refractivity contribution in [1.82, 2.24) is 15.2 Å². The Hall–Kier alpha value is -1.43. The summed E-state index contributed by atoms with van der Waals surface area (Å²) in [6, 6.07) is -0.488. The lowest BCUT2D eigenvalue weighted by molar-refractivity contribution is -0.160. The number of thiazole rings is 1. The maximum Gasteiger partial charge on any atom is 0.246 e. The molecule has 2 rings (SSSR count). The molecule has 0 radical (unpaired) electrons. The van der Waals surface area contributed by atoms with E-state index < -0.39 is 11.6 Å². The van der Waals surface area contributed by atoms with Crippen molar-refractivity contribution in [2.45, 2.75) is 59.2 Å². The number of nitrogens with zero attached hydrogens (tertiary/aromatic N) is 2. The molecule has 0 aromatic carbocycles. The highest BCUT2D eigenvalue weighted by molar-refractivity contribution is 7.09. The van der Waals surface area contributed by atoms with Crippen molar-refractivity contribution in [3.05, 3.63) is 16.6 Å². The highest BCUT2D eigenvalue weighted by Gasteiger charge is 2.51. The van der Waals surface area contributed by atoms with Crippen molar-refractivity contribution in [1.29, 1.82) is 0 Å². The van der Waals surface area contributed by atoms with E-state index in [9.17, 15) is 9.59 Å². The largest absolute Gasteiger partial charge is 0.342 e. The van der Waals surface area contributed by atoms with Gasteiger partial charge in [-0.3, -0.25) is 14.6 Å². The molecule has 21 heavy (non-hydrogen) atoms. The minimum absolute atomic E-state index is 0.0140. The molecule has 116 valence electrons. The standard InChI is InChI=1S/C15H23N3O2S/c1-6-15(5)13(20)17-11(14(2,3)4)12(19)18(15)8-10-7-16-9-21-10/h7,9,11H,6,8H2,1-5H3,(H,17,20). The summed E-state index contributed by atoms with van der Waals surface area (Å²) in [6.07, 6.45) is 2.34. The SMILES string of the molecule is CCC1(C)C(=O)NC(C(C)(C)C)C(=O)N1Cc1cncs1. The third-order valence-corrected chi connectivity index (χ3v) is 4.99. The number of amides is 2. The Bertz CT molecular complexity index is 536. The van der Waals surface area contributed by atoms with Crippen LogP contribution in [0.5, 0.6) is 0 Å². The predicted octanol–water partition coefficient (Wildman–Crippen LogP) is 2.18. The van der Waals surface area contributed by atoms with E-state index in [1.165, 1.54) is 11.3 Å². The van der Waals surface area contributed by atoms with Crippen LogP contribution in [0.25, 0.3) is 0 Å². The second-order valence-corrected chi connectivity index (χ2v) is 7.76. The summed E-state index contributed by atoms with van der Waals surface area (Å²) < 4.78 is 0. The number of nitrogens with one attached hydrogen (secondary N) is 1. The van der Waals surface area contributed by atoms with Gasteiger partial charge in [-0.25, -0.2) is 0 Å². The van der Waals surface area contributed by atoms with Gasteiger partial charge in [-0.1, -0.05) is 27.7 Å². The molecule has 5 nitrogen and oxygen atoms in total. The molecule has 2 unspecified atom stereocenters. The van der Waals surface area contributed by atoms with E-state index in [-0.39, 0.29) is 17.2 Å². The molecule has 1 fully saturated rings. The molecule has 0 aliphatic carbocycles. The predicted molar refractivity (Wildman–Crippen MR) is 82.7 cm³/mol. The summed E-state index contributed by atoms with van der Waals surface area (Å²) in [7, 11) is 0.